The highest BCUT2D eigenvalue weighted by atomic mass is 31.2. The van der Waals surface area contributed by atoms with Crippen LogP contribution in [0.2, 0.25) is 0 Å². The van der Waals surface area contributed by atoms with Crippen molar-refractivity contribution < 1.29 is 37.3 Å². The van der Waals surface area contributed by atoms with E-state index in [1.54, 1.807) is 0 Å². The second-order valence-corrected chi connectivity index (χ2v) is 25.1. The number of rotatable bonds is 60. The Bertz CT molecular complexity index is 1770. The number of carbonyl (C=O) groups is 2. The van der Waals surface area contributed by atoms with E-state index in [0.29, 0.717) is 17.4 Å². The van der Waals surface area contributed by atoms with Crippen molar-refractivity contribution >= 4 is 19.7 Å². The van der Waals surface area contributed by atoms with Gasteiger partial charge in [-0.1, -0.05) is 265 Å². The van der Waals surface area contributed by atoms with Crippen LogP contribution in [0.4, 0.5) is 0 Å². The third kappa shape index (κ3) is 61.2. The van der Waals surface area contributed by atoms with E-state index in [2.05, 4.69) is 123 Å². The number of nitrogens with one attached hydrogen (secondary N) is 1. The van der Waals surface area contributed by atoms with E-state index in [-0.39, 0.29) is 31.5 Å². The molecular weight excluding hydrogens is 1040 g/mol. The van der Waals surface area contributed by atoms with E-state index in [9.17, 15) is 19.0 Å². The number of carbonyl (C=O) groups excluding carboxylic acids is 2. The predicted molar refractivity (Wildman–Crippen MR) is 355 cm³/mol. The lowest BCUT2D eigenvalue weighted by molar-refractivity contribution is -0.870. The van der Waals surface area contributed by atoms with Crippen molar-refractivity contribution in [3.63, 3.8) is 0 Å². The average molecular weight is 1160 g/mol. The van der Waals surface area contributed by atoms with Gasteiger partial charge in [-0.15, -0.1) is 0 Å². The molecule has 82 heavy (non-hydrogen) atoms. The van der Waals surface area contributed by atoms with Crippen molar-refractivity contribution in [1.82, 2.24) is 5.32 Å². The summed E-state index contributed by atoms with van der Waals surface area (Å²) in [7, 11) is 1.47. The number of unbranched alkanes of at least 4 members (excludes halogenated alkanes) is 28. The number of esters is 1. The van der Waals surface area contributed by atoms with Gasteiger partial charge in [-0.3, -0.25) is 18.6 Å². The van der Waals surface area contributed by atoms with Crippen LogP contribution in [0, 0.1) is 0 Å². The SMILES string of the molecule is CC/C=C\C/C=C\C/C=C\C/C=C\C/C=C\C/C=C\CCCCCCCCC(=O)NC(COP(=O)(O)OCC[N+](C)(C)C)C(/C=C\CCCCCCCCCCCC)OC(=O)CCCCCCCCCCC/C=C\C/C=C\CCCCC. The Labute approximate surface area is 506 Å². The van der Waals surface area contributed by atoms with Crippen LogP contribution in [0.5, 0.6) is 0 Å². The molecule has 0 rings (SSSR count). The fraction of sp³-hybridized carbons (Fsp3) is 0.722. The maximum atomic E-state index is 13.6. The molecule has 0 radical (unpaired) electrons. The minimum Gasteiger partial charge on any atom is -0.456 e. The van der Waals surface area contributed by atoms with Crippen molar-refractivity contribution in [3.05, 3.63) is 109 Å². The summed E-state index contributed by atoms with van der Waals surface area (Å²) in [6.45, 7) is 6.86. The topological polar surface area (TPSA) is 111 Å². The van der Waals surface area contributed by atoms with Gasteiger partial charge in [0.2, 0.25) is 5.91 Å². The van der Waals surface area contributed by atoms with Crippen molar-refractivity contribution in [2.24, 2.45) is 0 Å². The monoisotopic (exact) mass is 1160 g/mol. The summed E-state index contributed by atoms with van der Waals surface area (Å²) in [6.07, 6.45) is 83.7. The fourth-order valence-corrected chi connectivity index (χ4v) is 10.0. The zero-order valence-electron chi connectivity index (χ0n) is 54.0. The maximum Gasteiger partial charge on any atom is 0.472 e. The molecule has 9 nitrogen and oxygen atoms in total. The lowest BCUT2D eigenvalue weighted by atomic mass is 10.0. The van der Waals surface area contributed by atoms with Crippen LogP contribution in [-0.4, -0.2) is 74.3 Å². The zero-order chi connectivity index (χ0) is 60.0. The van der Waals surface area contributed by atoms with Gasteiger partial charge in [-0.25, -0.2) is 4.57 Å². The zero-order valence-corrected chi connectivity index (χ0v) is 54.8. The summed E-state index contributed by atoms with van der Waals surface area (Å²) >= 11 is 0. The van der Waals surface area contributed by atoms with E-state index in [0.717, 1.165) is 135 Å². The molecule has 0 aromatic heterocycles. The van der Waals surface area contributed by atoms with E-state index in [1.165, 1.54) is 116 Å². The summed E-state index contributed by atoms with van der Waals surface area (Å²) in [5.74, 6) is -0.528. The summed E-state index contributed by atoms with van der Waals surface area (Å²) in [4.78, 5) is 37.8. The number of ether oxygens (including phenoxy) is 1. The van der Waals surface area contributed by atoms with Crippen LogP contribution < -0.4 is 5.32 Å². The van der Waals surface area contributed by atoms with E-state index in [1.807, 2.05) is 33.3 Å². The molecule has 0 aliphatic heterocycles. The molecule has 3 atom stereocenters. The van der Waals surface area contributed by atoms with Crippen LogP contribution in [0.15, 0.2) is 109 Å². The first-order chi connectivity index (χ1) is 39.9. The molecule has 10 heteroatoms. The van der Waals surface area contributed by atoms with Gasteiger partial charge in [-0.2, -0.15) is 0 Å². The Kier molecular flexibility index (Phi) is 58.3. The molecule has 0 aromatic rings. The predicted octanol–water partition coefficient (Wildman–Crippen LogP) is 21.3. The number of allylic oxidation sites excluding steroid dienone is 17. The standard InChI is InChI=1S/C72H127N2O7P/c1-7-10-13-16-19-22-25-28-30-32-34-35-36-37-38-39-41-42-44-46-49-52-55-58-61-64-71(75)73-69(68-80-82(77,78)79-67-66-74(4,5)6)70(63-60-57-54-51-48-27-24-21-18-15-12-9-3)81-72(76)65-62-59-56-53-50-47-45-43-40-33-31-29-26-23-20-17-14-11-8-2/h10,13,19-20,22-23,28-31,34-35,37-38,41-42,60,63,69-70H,7-9,11-12,14-18,21,24-27,32-33,36,39-40,43-59,61-62,64-68H2,1-6H3,(H-,73,75,77,78)/p+1/b13-10-,22-19-,23-20-,30-28-,31-29-,35-34-,38-37-,42-41-,63-60-. The van der Waals surface area contributed by atoms with Crippen molar-refractivity contribution in [2.75, 3.05) is 40.9 Å². The van der Waals surface area contributed by atoms with Gasteiger partial charge in [-0.05, 0) is 115 Å². The summed E-state index contributed by atoms with van der Waals surface area (Å²) in [6, 6.07) is -0.866. The highest BCUT2D eigenvalue weighted by Crippen LogP contribution is 2.43. The number of hydrogen-bond donors (Lipinski definition) is 2. The number of nitrogens with zero attached hydrogens (tertiary/aromatic N) is 1. The molecule has 0 aliphatic rings. The first kappa shape index (κ1) is 78.7. The Morgan fingerprint density at radius 3 is 1.20 bits per heavy atom. The van der Waals surface area contributed by atoms with Crippen molar-refractivity contribution in [1.29, 1.82) is 0 Å². The van der Waals surface area contributed by atoms with Gasteiger partial charge in [0.15, 0.2) is 0 Å². The third-order valence-electron chi connectivity index (χ3n) is 14.4. The molecule has 0 saturated heterocycles. The minimum atomic E-state index is -4.46. The van der Waals surface area contributed by atoms with Crippen LogP contribution in [-0.2, 0) is 27.9 Å². The number of likely N-dealkylation sites (N-methyl/N-ethyl adjacent to an activating group) is 1. The quantitative estimate of drug-likeness (QED) is 0.0205. The molecule has 3 unspecified atom stereocenters. The molecule has 0 aliphatic carbocycles. The van der Waals surface area contributed by atoms with Gasteiger partial charge in [0, 0.05) is 12.8 Å². The van der Waals surface area contributed by atoms with Gasteiger partial charge >= 0.3 is 13.8 Å². The maximum absolute atomic E-state index is 13.6. The van der Waals surface area contributed by atoms with E-state index >= 15 is 0 Å². The largest absolute Gasteiger partial charge is 0.472 e. The van der Waals surface area contributed by atoms with Crippen molar-refractivity contribution in [2.45, 2.75) is 296 Å². The molecule has 0 spiro atoms. The number of phosphoric acid groups is 1. The molecule has 472 valence electrons. The molecule has 2 N–H and O–H groups in total. The lowest BCUT2D eigenvalue weighted by Gasteiger charge is -2.27. The van der Waals surface area contributed by atoms with Gasteiger partial charge in [0.25, 0.3) is 0 Å². The van der Waals surface area contributed by atoms with Crippen LogP contribution in [0.25, 0.3) is 0 Å². The molecular formula is C72H128N2O7P+. The molecule has 1 amide bonds. The van der Waals surface area contributed by atoms with Crippen LogP contribution >= 0.6 is 7.82 Å². The molecule has 0 heterocycles. The third-order valence-corrected chi connectivity index (χ3v) is 15.4. The first-order valence-corrected chi connectivity index (χ1v) is 35.2. The average Bonchev–Trinajstić information content (AvgIpc) is 3.44. The van der Waals surface area contributed by atoms with E-state index in [4.69, 9.17) is 13.8 Å². The molecule has 0 fully saturated rings. The Morgan fingerprint density at radius 2 is 0.780 bits per heavy atom. The second kappa shape index (κ2) is 60.8. The number of quaternary nitrogens is 1. The number of phosphoric ester groups is 1. The van der Waals surface area contributed by atoms with Crippen molar-refractivity contribution in [3.8, 4) is 0 Å². The Hall–Kier alpha value is -3.33. The smallest absolute Gasteiger partial charge is 0.456 e. The summed E-state index contributed by atoms with van der Waals surface area (Å²) in [5.41, 5.74) is 0. The Morgan fingerprint density at radius 1 is 0.439 bits per heavy atom. The normalized spacial score (nSPS) is 14.3. The highest BCUT2D eigenvalue weighted by Gasteiger charge is 2.30. The lowest BCUT2D eigenvalue weighted by Crippen LogP contribution is -2.47. The summed E-state index contributed by atoms with van der Waals surface area (Å²) in [5, 5.41) is 3.06. The van der Waals surface area contributed by atoms with Crippen LogP contribution in [0.1, 0.15) is 284 Å². The van der Waals surface area contributed by atoms with E-state index < -0.39 is 20.0 Å². The first-order valence-electron chi connectivity index (χ1n) is 33.7. The van der Waals surface area contributed by atoms with Gasteiger partial charge in [0.05, 0.1) is 33.8 Å². The molecule has 0 aromatic carbocycles. The van der Waals surface area contributed by atoms with Gasteiger partial charge in [0.1, 0.15) is 19.3 Å². The second-order valence-electron chi connectivity index (χ2n) is 23.6. The summed E-state index contributed by atoms with van der Waals surface area (Å²) < 4.78 is 30.8. The number of hydrogen-bond acceptors (Lipinski definition) is 6. The molecule has 0 bridgehead atoms. The van der Waals surface area contributed by atoms with Gasteiger partial charge < -0.3 is 19.4 Å². The fourth-order valence-electron chi connectivity index (χ4n) is 9.27. The Balaban J connectivity index is 5.19. The van der Waals surface area contributed by atoms with Crippen LogP contribution in [0.3, 0.4) is 0 Å². The molecule has 0 saturated carbocycles. The highest BCUT2D eigenvalue weighted by molar-refractivity contribution is 7.47. The number of amides is 1. The minimum absolute atomic E-state index is 0.0313.